The number of rotatable bonds is 1. The Morgan fingerprint density at radius 2 is 1.72 bits per heavy atom. The number of anilines is 1. The molecule has 0 bridgehead atoms. The molecule has 4 heteroatoms. The molecule has 18 heavy (non-hydrogen) atoms. The van der Waals surface area contributed by atoms with Crippen molar-refractivity contribution in [2.75, 3.05) is 11.4 Å². The fourth-order valence-corrected chi connectivity index (χ4v) is 2.33. The predicted molar refractivity (Wildman–Crippen MR) is 75.1 cm³/mol. The van der Waals surface area contributed by atoms with Crippen LogP contribution >= 0.6 is 11.6 Å². The highest BCUT2D eigenvalue weighted by Gasteiger charge is 2.45. The van der Waals surface area contributed by atoms with Gasteiger partial charge in [-0.2, -0.15) is 0 Å². The molecular formula is C14H19ClN2O. The number of carbonyl (C=O) groups excluding carboxylic acids is 1. The molecule has 1 aliphatic rings. The monoisotopic (exact) mass is 266 g/mol. The molecule has 1 fully saturated rings. The van der Waals surface area contributed by atoms with Crippen molar-refractivity contribution < 1.29 is 4.79 Å². The number of piperazine rings is 1. The van der Waals surface area contributed by atoms with Crippen molar-refractivity contribution in [1.29, 1.82) is 0 Å². The normalized spacial score (nSPS) is 22.1. The number of hydrogen-bond acceptors (Lipinski definition) is 2. The van der Waals surface area contributed by atoms with E-state index in [0.717, 1.165) is 12.2 Å². The van der Waals surface area contributed by atoms with Gasteiger partial charge in [-0.25, -0.2) is 0 Å². The van der Waals surface area contributed by atoms with Crippen LogP contribution in [0.3, 0.4) is 0 Å². The second-order valence-corrected chi connectivity index (χ2v) is 6.34. The molecule has 2 rings (SSSR count). The maximum Gasteiger partial charge on any atom is 0.247 e. The molecule has 1 aromatic carbocycles. The third-order valence-electron chi connectivity index (χ3n) is 3.39. The molecule has 1 heterocycles. The summed E-state index contributed by atoms with van der Waals surface area (Å²) in [4.78, 5) is 14.4. The molecule has 0 aliphatic carbocycles. The smallest absolute Gasteiger partial charge is 0.247 e. The Kier molecular flexibility index (Phi) is 3.16. The fourth-order valence-electron chi connectivity index (χ4n) is 2.20. The summed E-state index contributed by atoms with van der Waals surface area (Å²) in [6.45, 7) is 8.69. The highest BCUT2D eigenvalue weighted by molar-refractivity contribution is 6.30. The van der Waals surface area contributed by atoms with E-state index in [1.807, 2.05) is 43.0 Å². The zero-order valence-corrected chi connectivity index (χ0v) is 12.0. The van der Waals surface area contributed by atoms with Crippen molar-refractivity contribution in [3.05, 3.63) is 29.3 Å². The molecule has 1 saturated heterocycles. The second-order valence-electron chi connectivity index (χ2n) is 5.91. The first-order valence-corrected chi connectivity index (χ1v) is 6.47. The summed E-state index contributed by atoms with van der Waals surface area (Å²) in [7, 11) is 0. The summed E-state index contributed by atoms with van der Waals surface area (Å²) in [5.74, 6) is 0.0843. The van der Waals surface area contributed by atoms with Gasteiger partial charge in [-0.05, 0) is 52.0 Å². The van der Waals surface area contributed by atoms with Gasteiger partial charge in [0.25, 0.3) is 0 Å². The lowest BCUT2D eigenvalue weighted by atomic mass is 9.90. The summed E-state index contributed by atoms with van der Waals surface area (Å²) < 4.78 is 0. The first kappa shape index (κ1) is 13.4. The number of amides is 1. The minimum atomic E-state index is -0.533. The van der Waals surface area contributed by atoms with Crippen LogP contribution < -0.4 is 10.2 Å². The first-order chi connectivity index (χ1) is 8.24. The number of benzene rings is 1. The van der Waals surface area contributed by atoms with E-state index in [1.165, 1.54) is 0 Å². The van der Waals surface area contributed by atoms with Crippen molar-refractivity contribution in [2.24, 2.45) is 0 Å². The van der Waals surface area contributed by atoms with Gasteiger partial charge in [-0.3, -0.25) is 4.79 Å². The SMILES string of the molecule is CC1(C)NCC(C)(C)N(c2ccc(Cl)cc2)C1=O. The molecule has 1 aromatic rings. The molecule has 3 nitrogen and oxygen atoms in total. The number of hydrogen-bond donors (Lipinski definition) is 1. The summed E-state index contributed by atoms with van der Waals surface area (Å²) in [6.07, 6.45) is 0. The van der Waals surface area contributed by atoms with Crippen LogP contribution in [0.5, 0.6) is 0 Å². The van der Waals surface area contributed by atoms with Crippen LogP contribution in [-0.2, 0) is 4.79 Å². The van der Waals surface area contributed by atoms with Crippen LogP contribution in [0.1, 0.15) is 27.7 Å². The molecule has 0 saturated carbocycles. The lowest BCUT2D eigenvalue weighted by molar-refractivity contribution is -0.126. The van der Waals surface area contributed by atoms with E-state index < -0.39 is 5.54 Å². The minimum Gasteiger partial charge on any atom is -0.304 e. The molecule has 0 unspecified atom stereocenters. The van der Waals surface area contributed by atoms with Crippen LogP contribution in [0.15, 0.2) is 24.3 Å². The largest absolute Gasteiger partial charge is 0.304 e. The average molecular weight is 267 g/mol. The van der Waals surface area contributed by atoms with E-state index >= 15 is 0 Å². The molecule has 0 radical (unpaired) electrons. The molecular weight excluding hydrogens is 248 g/mol. The van der Waals surface area contributed by atoms with Gasteiger partial charge < -0.3 is 10.2 Å². The number of halogens is 1. The Hall–Kier alpha value is -1.06. The zero-order valence-electron chi connectivity index (χ0n) is 11.2. The molecule has 1 aliphatic heterocycles. The van der Waals surface area contributed by atoms with Crippen LogP contribution in [-0.4, -0.2) is 23.5 Å². The minimum absolute atomic E-state index is 0.0843. The highest BCUT2D eigenvalue weighted by Crippen LogP contribution is 2.31. The summed E-state index contributed by atoms with van der Waals surface area (Å²) in [5, 5.41) is 3.97. The summed E-state index contributed by atoms with van der Waals surface area (Å²) in [5.41, 5.74) is 0.110. The number of carbonyl (C=O) groups is 1. The molecule has 0 atom stereocenters. The Morgan fingerprint density at radius 1 is 1.17 bits per heavy atom. The Bertz CT molecular complexity index is 465. The standard InChI is InChI=1S/C14H19ClN2O/c1-13(2)9-16-14(3,4)12(18)17(13)11-7-5-10(15)6-8-11/h5-8,16H,9H2,1-4H3. The Morgan fingerprint density at radius 3 is 2.28 bits per heavy atom. The number of nitrogens with one attached hydrogen (secondary N) is 1. The van der Waals surface area contributed by atoms with Gasteiger partial charge >= 0.3 is 0 Å². The molecule has 0 spiro atoms. The highest BCUT2D eigenvalue weighted by atomic mass is 35.5. The molecule has 1 amide bonds. The van der Waals surface area contributed by atoms with E-state index in [2.05, 4.69) is 19.2 Å². The van der Waals surface area contributed by atoms with E-state index in [9.17, 15) is 4.79 Å². The summed E-state index contributed by atoms with van der Waals surface area (Å²) >= 11 is 5.90. The third kappa shape index (κ3) is 2.25. The molecule has 1 N–H and O–H groups in total. The predicted octanol–water partition coefficient (Wildman–Crippen LogP) is 2.83. The lowest BCUT2D eigenvalue weighted by Crippen LogP contribution is -2.69. The second kappa shape index (κ2) is 4.25. The van der Waals surface area contributed by atoms with E-state index in [0.29, 0.717) is 5.02 Å². The van der Waals surface area contributed by atoms with Crippen LogP contribution in [0.25, 0.3) is 0 Å². The van der Waals surface area contributed by atoms with Crippen molar-refractivity contribution in [3.63, 3.8) is 0 Å². The zero-order chi connectivity index (χ0) is 13.6. The molecule has 0 aromatic heterocycles. The fraction of sp³-hybridized carbons (Fsp3) is 0.500. The van der Waals surface area contributed by atoms with Gasteiger partial charge in [0.05, 0.1) is 11.1 Å². The lowest BCUT2D eigenvalue weighted by Gasteiger charge is -2.48. The van der Waals surface area contributed by atoms with Gasteiger partial charge in [0, 0.05) is 17.3 Å². The van der Waals surface area contributed by atoms with Crippen molar-refractivity contribution in [3.8, 4) is 0 Å². The summed E-state index contributed by atoms with van der Waals surface area (Å²) in [6, 6.07) is 7.41. The maximum absolute atomic E-state index is 12.6. The third-order valence-corrected chi connectivity index (χ3v) is 3.64. The Labute approximate surface area is 113 Å². The first-order valence-electron chi connectivity index (χ1n) is 6.09. The van der Waals surface area contributed by atoms with Gasteiger partial charge in [-0.1, -0.05) is 11.6 Å². The van der Waals surface area contributed by atoms with Crippen LogP contribution in [0, 0.1) is 0 Å². The van der Waals surface area contributed by atoms with Gasteiger partial charge in [0.1, 0.15) is 0 Å². The van der Waals surface area contributed by atoms with Crippen molar-refractivity contribution in [1.82, 2.24) is 5.32 Å². The Balaban J connectivity index is 2.44. The van der Waals surface area contributed by atoms with E-state index in [4.69, 9.17) is 11.6 Å². The number of nitrogens with zero attached hydrogens (tertiary/aromatic N) is 1. The topological polar surface area (TPSA) is 32.3 Å². The van der Waals surface area contributed by atoms with Gasteiger partial charge in [0.15, 0.2) is 0 Å². The van der Waals surface area contributed by atoms with E-state index in [-0.39, 0.29) is 11.4 Å². The van der Waals surface area contributed by atoms with Crippen LogP contribution in [0.2, 0.25) is 5.02 Å². The van der Waals surface area contributed by atoms with Gasteiger partial charge in [0.2, 0.25) is 5.91 Å². The van der Waals surface area contributed by atoms with Crippen LogP contribution in [0.4, 0.5) is 5.69 Å². The average Bonchev–Trinajstić information content (AvgIpc) is 2.28. The van der Waals surface area contributed by atoms with Crippen molar-refractivity contribution in [2.45, 2.75) is 38.8 Å². The molecule has 98 valence electrons. The van der Waals surface area contributed by atoms with Gasteiger partial charge in [-0.15, -0.1) is 0 Å². The maximum atomic E-state index is 12.6. The van der Waals surface area contributed by atoms with E-state index in [1.54, 1.807) is 0 Å². The van der Waals surface area contributed by atoms with Crippen molar-refractivity contribution >= 4 is 23.2 Å². The quantitative estimate of drug-likeness (QED) is 0.848.